The van der Waals surface area contributed by atoms with Crippen LogP contribution in [0, 0.1) is 5.82 Å². The first-order chi connectivity index (χ1) is 8.28. The summed E-state index contributed by atoms with van der Waals surface area (Å²) in [6.07, 6.45) is 0. The van der Waals surface area contributed by atoms with Gasteiger partial charge in [-0.05, 0) is 32.0 Å². The molecule has 1 aromatic carbocycles. The van der Waals surface area contributed by atoms with E-state index in [1.54, 1.807) is 13.8 Å². The maximum atomic E-state index is 12.8. The molecule has 0 atom stereocenters. The second kappa shape index (κ2) is 7.53. The van der Waals surface area contributed by atoms with Crippen molar-refractivity contribution in [3.8, 4) is 5.75 Å². The molecule has 0 heterocycles. The normalized spacial score (nSPS) is 10.6. The third-order valence-corrected chi connectivity index (χ3v) is 2.29. The van der Waals surface area contributed by atoms with Crippen LogP contribution >= 0.6 is 24.0 Å². The summed E-state index contributed by atoms with van der Waals surface area (Å²) in [4.78, 5) is 11.4. The fourth-order valence-electron chi connectivity index (χ4n) is 1.11. The molecule has 4 nitrogen and oxygen atoms in total. The van der Waals surface area contributed by atoms with E-state index in [9.17, 15) is 9.18 Å². The lowest BCUT2D eigenvalue weighted by Crippen LogP contribution is -2.46. The van der Waals surface area contributed by atoms with E-state index in [2.05, 4.69) is 5.32 Å². The highest BCUT2D eigenvalue weighted by molar-refractivity contribution is 6.32. The molecule has 0 aromatic heterocycles. The number of hydrogen-bond donors (Lipinski definition) is 2. The number of nitrogens with two attached hydrogens (primary N) is 1. The standard InChI is InChI=1S/C12H16ClFN2O2.ClH/c1-12(2,15)7-16-11(17)6-18-10-4-3-8(14)5-9(10)13;/h3-5H,6-7,15H2,1-2H3,(H,16,17);1H. The highest BCUT2D eigenvalue weighted by Crippen LogP contribution is 2.24. The minimum atomic E-state index is -0.483. The number of halogens is 3. The third-order valence-electron chi connectivity index (χ3n) is 1.99. The molecule has 0 saturated carbocycles. The van der Waals surface area contributed by atoms with Gasteiger partial charge in [0.05, 0.1) is 5.02 Å². The molecule has 0 spiro atoms. The van der Waals surface area contributed by atoms with Crippen molar-refractivity contribution in [3.63, 3.8) is 0 Å². The van der Waals surface area contributed by atoms with E-state index in [1.165, 1.54) is 12.1 Å². The Morgan fingerprint density at radius 2 is 2.16 bits per heavy atom. The average Bonchev–Trinajstić information content (AvgIpc) is 2.24. The molecule has 0 saturated heterocycles. The van der Waals surface area contributed by atoms with Crippen molar-refractivity contribution in [2.24, 2.45) is 5.73 Å². The highest BCUT2D eigenvalue weighted by Gasteiger charge is 2.13. The van der Waals surface area contributed by atoms with Gasteiger partial charge in [-0.1, -0.05) is 11.6 Å². The van der Waals surface area contributed by atoms with Crippen molar-refractivity contribution >= 4 is 29.9 Å². The lowest BCUT2D eigenvalue weighted by atomic mass is 10.1. The van der Waals surface area contributed by atoms with Gasteiger partial charge in [0.15, 0.2) is 6.61 Å². The van der Waals surface area contributed by atoms with Crippen molar-refractivity contribution in [1.82, 2.24) is 5.32 Å². The predicted molar refractivity (Wildman–Crippen MR) is 75.4 cm³/mol. The number of amides is 1. The van der Waals surface area contributed by atoms with Crippen molar-refractivity contribution in [1.29, 1.82) is 0 Å². The fourth-order valence-corrected chi connectivity index (χ4v) is 1.33. The minimum absolute atomic E-state index is 0. The Morgan fingerprint density at radius 3 is 2.68 bits per heavy atom. The molecule has 0 radical (unpaired) electrons. The molecule has 0 aliphatic heterocycles. The first kappa shape index (κ1) is 18.0. The molecule has 0 fully saturated rings. The third kappa shape index (κ3) is 7.20. The zero-order valence-corrected chi connectivity index (χ0v) is 12.3. The monoisotopic (exact) mass is 310 g/mol. The molecule has 1 amide bonds. The van der Waals surface area contributed by atoms with Gasteiger partial charge in [0.2, 0.25) is 0 Å². The van der Waals surface area contributed by atoms with E-state index < -0.39 is 11.4 Å². The largest absolute Gasteiger partial charge is 0.482 e. The molecular formula is C12H17Cl2FN2O2. The Hall–Kier alpha value is -1.04. The van der Waals surface area contributed by atoms with E-state index in [0.717, 1.165) is 6.07 Å². The fraction of sp³-hybridized carbons (Fsp3) is 0.417. The Morgan fingerprint density at radius 1 is 1.53 bits per heavy atom. The maximum absolute atomic E-state index is 12.8. The number of ether oxygens (including phenoxy) is 1. The number of benzene rings is 1. The lowest BCUT2D eigenvalue weighted by Gasteiger charge is -2.18. The van der Waals surface area contributed by atoms with Crippen molar-refractivity contribution < 1.29 is 13.9 Å². The second-order valence-electron chi connectivity index (χ2n) is 4.63. The van der Waals surface area contributed by atoms with Crippen LogP contribution in [-0.4, -0.2) is 24.6 Å². The Balaban J connectivity index is 0.00000324. The van der Waals surface area contributed by atoms with Gasteiger partial charge >= 0.3 is 0 Å². The van der Waals surface area contributed by atoms with Gasteiger partial charge in [0.1, 0.15) is 11.6 Å². The molecule has 108 valence electrons. The first-order valence-corrected chi connectivity index (χ1v) is 5.79. The van der Waals surface area contributed by atoms with E-state index in [1.807, 2.05) is 0 Å². The van der Waals surface area contributed by atoms with Gasteiger partial charge in [-0.15, -0.1) is 12.4 Å². The van der Waals surface area contributed by atoms with Crippen LogP contribution in [0.25, 0.3) is 0 Å². The second-order valence-corrected chi connectivity index (χ2v) is 5.04. The summed E-state index contributed by atoms with van der Waals surface area (Å²) < 4.78 is 17.9. The van der Waals surface area contributed by atoms with E-state index in [4.69, 9.17) is 22.1 Å². The molecule has 1 aromatic rings. The van der Waals surface area contributed by atoms with Crippen molar-refractivity contribution in [2.75, 3.05) is 13.2 Å². The van der Waals surface area contributed by atoms with Crippen LogP contribution in [-0.2, 0) is 4.79 Å². The lowest BCUT2D eigenvalue weighted by molar-refractivity contribution is -0.123. The summed E-state index contributed by atoms with van der Waals surface area (Å²) in [5.41, 5.74) is 5.23. The summed E-state index contributed by atoms with van der Waals surface area (Å²) in [6, 6.07) is 3.71. The summed E-state index contributed by atoms with van der Waals surface area (Å²) in [6.45, 7) is 3.74. The zero-order valence-electron chi connectivity index (χ0n) is 10.7. The van der Waals surface area contributed by atoms with Crippen LogP contribution in [0.4, 0.5) is 4.39 Å². The zero-order chi connectivity index (χ0) is 13.8. The topological polar surface area (TPSA) is 64.3 Å². The Bertz CT molecular complexity index is 436. The summed E-state index contributed by atoms with van der Waals surface area (Å²) in [7, 11) is 0. The van der Waals surface area contributed by atoms with Crippen LogP contribution in [0.3, 0.4) is 0 Å². The molecule has 0 bridgehead atoms. The van der Waals surface area contributed by atoms with Crippen LogP contribution in [0.15, 0.2) is 18.2 Å². The molecule has 7 heteroatoms. The van der Waals surface area contributed by atoms with Crippen molar-refractivity contribution in [2.45, 2.75) is 19.4 Å². The minimum Gasteiger partial charge on any atom is -0.482 e. The van der Waals surface area contributed by atoms with Gasteiger partial charge in [0.25, 0.3) is 5.91 Å². The number of carbonyl (C=O) groups is 1. The molecule has 0 aliphatic rings. The van der Waals surface area contributed by atoms with Gasteiger partial charge in [-0.3, -0.25) is 4.79 Å². The van der Waals surface area contributed by atoms with Gasteiger partial charge in [-0.2, -0.15) is 0 Å². The quantitative estimate of drug-likeness (QED) is 0.875. The average molecular weight is 311 g/mol. The highest BCUT2D eigenvalue weighted by atomic mass is 35.5. The molecule has 0 aliphatic carbocycles. The number of nitrogens with one attached hydrogen (secondary N) is 1. The van der Waals surface area contributed by atoms with Gasteiger partial charge < -0.3 is 15.8 Å². The van der Waals surface area contributed by atoms with Crippen molar-refractivity contribution in [3.05, 3.63) is 29.0 Å². The smallest absolute Gasteiger partial charge is 0.258 e. The maximum Gasteiger partial charge on any atom is 0.258 e. The molecule has 19 heavy (non-hydrogen) atoms. The molecule has 0 unspecified atom stereocenters. The molecule has 1 rings (SSSR count). The summed E-state index contributed by atoms with van der Waals surface area (Å²) >= 11 is 5.75. The van der Waals surface area contributed by atoms with Gasteiger partial charge in [-0.25, -0.2) is 4.39 Å². The Kier molecular flexibility index (Phi) is 7.11. The van der Waals surface area contributed by atoms with E-state index in [-0.39, 0.29) is 35.7 Å². The SMILES string of the molecule is CC(C)(N)CNC(=O)COc1ccc(F)cc1Cl.Cl. The predicted octanol–water partition coefficient (Wildman–Crippen LogP) is 2.13. The van der Waals surface area contributed by atoms with Gasteiger partial charge in [0, 0.05) is 12.1 Å². The van der Waals surface area contributed by atoms with Crippen LogP contribution in [0.2, 0.25) is 5.02 Å². The Labute approximate surface area is 122 Å². The van der Waals surface area contributed by atoms with E-state index >= 15 is 0 Å². The molecule has 3 N–H and O–H groups in total. The number of rotatable bonds is 5. The molecular weight excluding hydrogens is 294 g/mol. The summed E-state index contributed by atoms with van der Waals surface area (Å²) in [5.74, 6) is -0.504. The number of carbonyl (C=O) groups excluding carboxylic acids is 1. The van der Waals surface area contributed by atoms with Crippen LogP contribution in [0.1, 0.15) is 13.8 Å². The summed E-state index contributed by atoms with van der Waals surface area (Å²) in [5, 5.41) is 2.74. The first-order valence-electron chi connectivity index (χ1n) is 5.41. The van der Waals surface area contributed by atoms with E-state index in [0.29, 0.717) is 6.54 Å². The van der Waals surface area contributed by atoms with Crippen LogP contribution in [0.5, 0.6) is 5.75 Å². The number of hydrogen-bond acceptors (Lipinski definition) is 3. The van der Waals surface area contributed by atoms with Crippen LogP contribution < -0.4 is 15.8 Å².